The summed E-state index contributed by atoms with van der Waals surface area (Å²) in [6.07, 6.45) is 3.28. The number of nitriles is 1. The lowest BCUT2D eigenvalue weighted by molar-refractivity contribution is 0.570. The van der Waals surface area contributed by atoms with Gasteiger partial charge in [0.1, 0.15) is 0 Å². The minimum atomic E-state index is 0.177. The fourth-order valence-electron chi connectivity index (χ4n) is 1.92. The van der Waals surface area contributed by atoms with E-state index in [1.807, 2.05) is 18.2 Å². The topological polar surface area (TPSA) is 49.8 Å². The first kappa shape index (κ1) is 8.28. The summed E-state index contributed by atoms with van der Waals surface area (Å²) in [6, 6.07) is 8.14. The Labute approximate surface area is 78.0 Å². The molecule has 2 N–H and O–H groups in total. The molecule has 1 aliphatic carbocycles. The van der Waals surface area contributed by atoms with E-state index in [4.69, 9.17) is 11.0 Å². The lowest BCUT2D eigenvalue weighted by Crippen LogP contribution is -2.17. The first-order valence-electron chi connectivity index (χ1n) is 4.60. The van der Waals surface area contributed by atoms with E-state index in [1.54, 1.807) is 0 Å². The van der Waals surface area contributed by atoms with Crippen LogP contribution in [0.2, 0.25) is 0 Å². The zero-order chi connectivity index (χ0) is 9.26. The van der Waals surface area contributed by atoms with Gasteiger partial charge in [0.15, 0.2) is 0 Å². The summed E-state index contributed by atoms with van der Waals surface area (Å²) < 4.78 is 0. The average molecular weight is 172 g/mol. The smallest absolute Gasteiger partial charge is 0.0991 e. The molecule has 0 saturated heterocycles. The highest BCUT2D eigenvalue weighted by molar-refractivity contribution is 5.40. The number of benzene rings is 1. The van der Waals surface area contributed by atoms with Gasteiger partial charge in [-0.25, -0.2) is 0 Å². The third-order valence-electron chi connectivity index (χ3n) is 2.63. The lowest BCUT2D eigenvalue weighted by Gasteiger charge is -2.21. The Morgan fingerprint density at radius 2 is 2.31 bits per heavy atom. The molecule has 2 heteroatoms. The molecule has 0 saturated carbocycles. The molecule has 13 heavy (non-hydrogen) atoms. The normalized spacial score (nSPS) is 20.5. The second-order valence-corrected chi connectivity index (χ2v) is 3.52. The minimum Gasteiger partial charge on any atom is -0.324 e. The SMILES string of the molecule is N#Cc1ccc2c(c1)CCCC2N. The maximum Gasteiger partial charge on any atom is 0.0991 e. The molecule has 66 valence electrons. The van der Waals surface area contributed by atoms with E-state index < -0.39 is 0 Å². The molecule has 0 spiro atoms. The summed E-state index contributed by atoms with van der Waals surface area (Å²) in [6.45, 7) is 0. The summed E-state index contributed by atoms with van der Waals surface area (Å²) in [7, 11) is 0. The molecule has 0 fully saturated rings. The molecule has 0 amide bonds. The maximum atomic E-state index is 8.72. The molecule has 1 aromatic carbocycles. The average Bonchev–Trinajstić information content (AvgIpc) is 2.18. The zero-order valence-corrected chi connectivity index (χ0v) is 7.46. The summed E-state index contributed by atoms with van der Waals surface area (Å²) in [5.74, 6) is 0. The Morgan fingerprint density at radius 3 is 3.08 bits per heavy atom. The van der Waals surface area contributed by atoms with Crippen LogP contribution >= 0.6 is 0 Å². The van der Waals surface area contributed by atoms with Crippen molar-refractivity contribution < 1.29 is 0 Å². The minimum absolute atomic E-state index is 0.177. The second-order valence-electron chi connectivity index (χ2n) is 3.52. The number of rotatable bonds is 0. The van der Waals surface area contributed by atoms with Crippen LogP contribution in [0, 0.1) is 11.3 Å². The molecular weight excluding hydrogens is 160 g/mol. The Hall–Kier alpha value is -1.33. The third-order valence-corrected chi connectivity index (χ3v) is 2.63. The summed E-state index contributed by atoms with van der Waals surface area (Å²) in [5, 5.41) is 8.72. The summed E-state index contributed by atoms with van der Waals surface area (Å²) in [4.78, 5) is 0. The first-order valence-corrected chi connectivity index (χ1v) is 4.60. The molecule has 0 radical (unpaired) electrons. The number of aryl methyl sites for hydroxylation is 1. The van der Waals surface area contributed by atoms with Crippen molar-refractivity contribution in [2.24, 2.45) is 5.73 Å². The van der Waals surface area contributed by atoms with Crippen LogP contribution < -0.4 is 5.73 Å². The monoisotopic (exact) mass is 172 g/mol. The maximum absolute atomic E-state index is 8.72. The highest BCUT2D eigenvalue weighted by Crippen LogP contribution is 2.28. The van der Waals surface area contributed by atoms with Crippen LogP contribution in [-0.4, -0.2) is 0 Å². The van der Waals surface area contributed by atoms with Gasteiger partial charge in [-0.2, -0.15) is 5.26 Å². The van der Waals surface area contributed by atoms with Crippen molar-refractivity contribution in [3.05, 3.63) is 34.9 Å². The van der Waals surface area contributed by atoms with E-state index in [0.29, 0.717) is 0 Å². The van der Waals surface area contributed by atoms with Gasteiger partial charge in [0.2, 0.25) is 0 Å². The third kappa shape index (κ3) is 1.43. The van der Waals surface area contributed by atoms with Gasteiger partial charge in [-0.05, 0) is 42.5 Å². The Kier molecular flexibility index (Phi) is 2.03. The molecule has 1 aliphatic rings. The van der Waals surface area contributed by atoms with Crippen LogP contribution in [-0.2, 0) is 6.42 Å². The molecule has 0 aliphatic heterocycles. The summed E-state index contributed by atoms with van der Waals surface area (Å²) in [5.41, 5.74) is 9.19. The van der Waals surface area contributed by atoms with Crippen molar-refractivity contribution in [2.45, 2.75) is 25.3 Å². The Bertz CT molecular complexity index is 363. The second kappa shape index (κ2) is 3.20. The quantitative estimate of drug-likeness (QED) is 0.649. The predicted molar refractivity (Wildman–Crippen MR) is 51.0 cm³/mol. The zero-order valence-electron chi connectivity index (χ0n) is 7.46. The van der Waals surface area contributed by atoms with Crippen LogP contribution in [0.3, 0.4) is 0 Å². The van der Waals surface area contributed by atoms with Gasteiger partial charge in [0, 0.05) is 6.04 Å². The number of nitrogens with two attached hydrogens (primary N) is 1. The highest BCUT2D eigenvalue weighted by atomic mass is 14.6. The van der Waals surface area contributed by atoms with E-state index in [9.17, 15) is 0 Å². The van der Waals surface area contributed by atoms with Crippen molar-refractivity contribution in [1.29, 1.82) is 5.26 Å². The van der Waals surface area contributed by atoms with E-state index in [-0.39, 0.29) is 6.04 Å². The molecule has 2 rings (SSSR count). The van der Waals surface area contributed by atoms with Crippen LogP contribution in [0.4, 0.5) is 0 Å². The van der Waals surface area contributed by atoms with E-state index in [2.05, 4.69) is 6.07 Å². The van der Waals surface area contributed by atoms with Crippen molar-refractivity contribution in [2.75, 3.05) is 0 Å². The molecule has 1 unspecified atom stereocenters. The van der Waals surface area contributed by atoms with Crippen molar-refractivity contribution in [1.82, 2.24) is 0 Å². The fraction of sp³-hybridized carbons (Fsp3) is 0.364. The van der Waals surface area contributed by atoms with Crippen molar-refractivity contribution in [3.8, 4) is 6.07 Å². The van der Waals surface area contributed by atoms with Gasteiger partial charge < -0.3 is 5.73 Å². The van der Waals surface area contributed by atoms with Crippen LogP contribution in [0.25, 0.3) is 0 Å². The van der Waals surface area contributed by atoms with Gasteiger partial charge in [-0.15, -0.1) is 0 Å². The van der Waals surface area contributed by atoms with Crippen LogP contribution in [0.5, 0.6) is 0 Å². The van der Waals surface area contributed by atoms with Gasteiger partial charge >= 0.3 is 0 Å². The van der Waals surface area contributed by atoms with Gasteiger partial charge in [0.25, 0.3) is 0 Å². The van der Waals surface area contributed by atoms with Gasteiger partial charge in [-0.1, -0.05) is 6.07 Å². The molecule has 1 aromatic rings. The van der Waals surface area contributed by atoms with Crippen LogP contribution in [0.15, 0.2) is 18.2 Å². The Morgan fingerprint density at radius 1 is 1.46 bits per heavy atom. The van der Waals surface area contributed by atoms with E-state index in [0.717, 1.165) is 24.8 Å². The molecule has 0 bridgehead atoms. The number of hydrogen-bond acceptors (Lipinski definition) is 2. The molecule has 0 heterocycles. The van der Waals surface area contributed by atoms with E-state index >= 15 is 0 Å². The first-order chi connectivity index (χ1) is 6.31. The number of fused-ring (bicyclic) bond motifs is 1. The highest BCUT2D eigenvalue weighted by Gasteiger charge is 2.16. The van der Waals surface area contributed by atoms with Crippen LogP contribution in [0.1, 0.15) is 35.6 Å². The van der Waals surface area contributed by atoms with Crippen molar-refractivity contribution >= 4 is 0 Å². The number of hydrogen-bond donors (Lipinski definition) is 1. The van der Waals surface area contributed by atoms with Crippen molar-refractivity contribution in [3.63, 3.8) is 0 Å². The fourth-order valence-corrected chi connectivity index (χ4v) is 1.92. The van der Waals surface area contributed by atoms with E-state index in [1.165, 1.54) is 11.1 Å². The predicted octanol–water partition coefficient (Wildman–Crippen LogP) is 1.89. The summed E-state index contributed by atoms with van der Waals surface area (Å²) >= 11 is 0. The molecule has 0 aromatic heterocycles. The Balaban J connectivity index is 2.47. The standard InChI is InChI=1S/C11H12N2/c12-7-8-4-5-10-9(6-8)2-1-3-11(10)13/h4-6,11H,1-3,13H2. The molecular formula is C11H12N2. The molecule has 1 atom stereocenters. The van der Waals surface area contributed by atoms with Gasteiger partial charge in [0.05, 0.1) is 11.6 Å². The van der Waals surface area contributed by atoms with Gasteiger partial charge in [-0.3, -0.25) is 0 Å². The molecule has 2 nitrogen and oxygen atoms in total. The number of nitrogens with zero attached hydrogens (tertiary/aromatic N) is 1. The largest absolute Gasteiger partial charge is 0.324 e. The lowest BCUT2D eigenvalue weighted by atomic mass is 9.87.